The molecule has 2 rings (SSSR count). The minimum absolute atomic E-state index is 0.153. The van der Waals surface area contributed by atoms with Crippen LogP contribution >= 0.6 is 0 Å². The Morgan fingerprint density at radius 2 is 2.18 bits per heavy atom. The zero-order valence-corrected chi connectivity index (χ0v) is 9.52. The van der Waals surface area contributed by atoms with Gasteiger partial charge < -0.3 is 15.6 Å². The predicted molar refractivity (Wildman–Crippen MR) is 62.6 cm³/mol. The van der Waals surface area contributed by atoms with Crippen LogP contribution in [0.3, 0.4) is 0 Å². The lowest BCUT2D eigenvalue weighted by Gasteiger charge is -2.05. The summed E-state index contributed by atoms with van der Waals surface area (Å²) in [4.78, 5) is 15.8. The number of amides is 1. The molecule has 0 saturated carbocycles. The van der Waals surface area contributed by atoms with Crippen LogP contribution in [0, 0.1) is 13.8 Å². The molecule has 0 unspecified atom stereocenters. The van der Waals surface area contributed by atoms with Crippen molar-refractivity contribution >= 4 is 17.4 Å². The fourth-order valence-corrected chi connectivity index (χ4v) is 1.37. The summed E-state index contributed by atoms with van der Waals surface area (Å²) < 4.78 is 4.85. The van der Waals surface area contributed by atoms with Gasteiger partial charge in [0.25, 0.3) is 5.91 Å². The van der Waals surface area contributed by atoms with Crippen molar-refractivity contribution in [3.05, 3.63) is 35.3 Å². The molecule has 0 radical (unpaired) electrons. The third kappa shape index (κ3) is 2.41. The van der Waals surface area contributed by atoms with E-state index in [0.717, 1.165) is 5.56 Å². The van der Waals surface area contributed by atoms with Gasteiger partial charge in [-0.1, -0.05) is 5.16 Å². The van der Waals surface area contributed by atoms with Gasteiger partial charge in [-0.25, -0.2) is 4.98 Å². The lowest BCUT2D eigenvalue weighted by molar-refractivity contribution is 0.0987. The smallest absolute Gasteiger partial charge is 0.295 e. The van der Waals surface area contributed by atoms with Crippen molar-refractivity contribution in [3.63, 3.8) is 0 Å². The van der Waals surface area contributed by atoms with Crippen LogP contribution in [0.5, 0.6) is 0 Å². The van der Waals surface area contributed by atoms with Crippen molar-refractivity contribution in [2.75, 3.05) is 11.1 Å². The fraction of sp³-hybridized carbons (Fsp3) is 0.182. The minimum Gasteiger partial charge on any atom is -0.397 e. The van der Waals surface area contributed by atoms with Crippen molar-refractivity contribution in [1.82, 2.24) is 10.1 Å². The van der Waals surface area contributed by atoms with Gasteiger partial charge in [-0.2, -0.15) is 0 Å². The Bertz CT molecular complexity index is 562. The van der Waals surface area contributed by atoms with E-state index in [-0.39, 0.29) is 11.7 Å². The summed E-state index contributed by atoms with van der Waals surface area (Å²) in [5.74, 6) is 0.227. The molecule has 2 aromatic heterocycles. The highest BCUT2D eigenvalue weighted by Gasteiger charge is 2.13. The highest BCUT2D eigenvalue weighted by Crippen LogP contribution is 2.15. The van der Waals surface area contributed by atoms with Crippen LogP contribution in [0.25, 0.3) is 0 Å². The molecule has 0 aliphatic rings. The van der Waals surface area contributed by atoms with E-state index in [9.17, 15) is 4.79 Å². The molecule has 17 heavy (non-hydrogen) atoms. The SMILES string of the molecule is Cc1cc(C(=O)Nc2ncc(N)cc2C)on1. The highest BCUT2D eigenvalue weighted by atomic mass is 16.5. The minimum atomic E-state index is -0.383. The Morgan fingerprint density at radius 3 is 2.76 bits per heavy atom. The Kier molecular flexibility index (Phi) is 2.78. The summed E-state index contributed by atoms with van der Waals surface area (Å²) in [7, 11) is 0. The van der Waals surface area contributed by atoms with Crippen molar-refractivity contribution in [1.29, 1.82) is 0 Å². The van der Waals surface area contributed by atoms with Gasteiger partial charge in [0.15, 0.2) is 0 Å². The number of rotatable bonds is 2. The molecule has 0 aromatic carbocycles. The van der Waals surface area contributed by atoms with Gasteiger partial charge in [0, 0.05) is 6.07 Å². The number of carbonyl (C=O) groups is 1. The first kappa shape index (κ1) is 11.1. The first-order chi connectivity index (χ1) is 8.06. The van der Waals surface area contributed by atoms with E-state index in [1.807, 2.05) is 6.92 Å². The first-order valence-corrected chi connectivity index (χ1v) is 5.03. The number of aryl methyl sites for hydroxylation is 2. The zero-order chi connectivity index (χ0) is 12.4. The Hall–Kier alpha value is -2.37. The maximum Gasteiger partial charge on any atom is 0.295 e. The third-order valence-corrected chi connectivity index (χ3v) is 2.18. The molecule has 6 heteroatoms. The summed E-state index contributed by atoms with van der Waals surface area (Å²) in [5, 5.41) is 6.27. The average Bonchev–Trinajstić information content (AvgIpc) is 2.69. The normalized spacial score (nSPS) is 10.2. The van der Waals surface area contributed by atoms with Crippen LogP contribution in [0.2, 0.25) is 0 Å². The molecule has 88 valence electrons. The molecular formula is C11H12N4O2. The lowest BCUT2D eigenvalue weighted by Crippen LogP contribution is -2.13. The van der Waals surface area contributed by atoms with E-state index in [2.05, 4.69) is 15.5 Å². The number of carbonyl (C=O) groups excluding carboxylic acids is 1. The number of nitrogen functional groups attached to an aromatic ring is 1. The van der Waals surface area contributed by atoms with Crippen molar-refractivity contribution in [2.24, 2.45) is 0 Å². The summed E-state index contributed by atoms with van der Waals surface area (Å²) in [6, 6.07) is 3.29. The highest BCUT2D eigenvalue weighted by molar-refractivity contribution is 6.02. The molecule has 0 atom stereocenters. The van der Waals surface area contributed by atoms with Crippen LogP contribution in [-0.2, 0) is 0 Å². The fourth-order valence-electron chi connectivity index (χ4n) is 1.37. The van der Waals surface area contributed by atoms with Gasteiger partial charge in [0.1, 0.15) is 5.82 Å². The molecule has 1 amide bonds. The maximum absolute atomic E-state index is 11.7. The van der Waals surface area contributed by atoms with Crippen LogP contribution < -0.4 is 11.1 Å². The van der Waals surface area contributed by atoms with Gasteiger partial charge in [0.05, 0.1) is 17.6 Å². The second-order valence-corrected chi connectivity index (χ2v) is 3.72. The second kappa shape index (κ2) is 4.25. The standard InChI is InChI=1S/C11H12N4O2/c1-6-3-8(12)5-13-10(6)14-11(16)9-4-7(2)15-17-9/h3-5H,12H2,1-2H3,(H,13,14,16). The first-order valence-electron chi connectivity index (χ1n) is 5.03. The van der Waals surface area contributed by atoms with E-state index < -0.39 is 0 Å². The number of pyridine rings is 1. The Morgan fingerprint density at radius 1 is 1.41 bits per heavy atom. The summed E-state index contributed by atoms with van der Waals surface area (Å²) >= 11 is 0. The van der Waals surface area contributed by atoms with Gasteiger partial charge in [0.2, 0.25) is 5.76 Å². The average molecular weight is 232 g/mol. The van der Waals surface area contributed by atoms with Gasteiger partial charge in [-0.05, 0) is 25.5 Å². The van der Waals surface area contributed by atoms with Gasteiger partial charge in [-0.3, -0.25) is 4.79 Å². The largest absolute Gasteiger partial charge is 0.397 e. The number of nitrogens with one attached hydrogen (secondary N) is 1. The quantitative estimate of drug-likeness (QED) is 0.818. The molecule has 6 nitrogen and oxygen atoms in total. The molecule has 3 N–H and O–H groups in total. The summed E-state index contributed by atoms with van der Waals surface area (Å²) in [6.45, 7) is 3.55. The molecule has 0 saturated heterocycles. The molecule has 0 aliphatic carbocycles. The molecule has 2 aromatic rings. The number of anilines is 2. The van der Waals surface area contributed by atoms with E-state index in [1.54, 1.807) is 19.1 Å². The number of aromatic nitrogens is 2. The topological polar surface area (TPSA) is 94.0 Å². The van der Waals surface area contributed by atoms with Crippen LogP contribution in [0.4, 0.5) is 11.5 Å². The molecule has 0 spiro atoms. The molecule has 2 heterocycles. The molecule has 0 fully saturated rings. The molecule has 0 bridgehead atoms. The van der Waals surface area contributed by atoms with Crippen molar-refractivity contribution in [2.45, 2.75) is 13.8 Å². The zero-order valence-electron chi connectivity index (χ0n) is 9.52. The van der Waals surface area contributed by atoms with E-state index >= 15 is 0 Å². The van der Waals surface area contributed by atoms with E-state index in [4.69, 9.17) is 10.3 Å². The Labute approximate surface area is 97.8 Å². The number of nitrogens with zero attached hydrogens (tertiary/aromatic N) is 2. The van der Waals surface area contributed by atoms with Crippen molar-refractivity contribution < 1.29 is 9.32 Å². The number of hydrogen-bond acceptors (Lipinski definition) is 5. The van der Waals surface area contributed by atoms with Gasteiger partial charge >= 0.3 is 0 Å². The maximum atomic E-state index is 11.7. The predicted octanol–water partition coefficient (Wildman–Crippen LogP) is 1.52. The monoisotopic (exact) mass is 232 g/mol. The Balaban J connectivity index is 2.18. The van der Waals surface area contributed by atoms with Crippen LogP contribution in [0.15, 0.2) is 22.9 Å². The van der Waals surface area contributed by atoms with Crippen molar-refractivity contribution in [3.8, 4) is 0 Å². The van der Waals surface area contributed by atoms with E-state index in [0.29, 0.717) is 17.2 Å². The number of nitrogens with two attached hydrogens (primary N) is 1. The molecule has 0 aliphatic heterocycles. The van der Waals surface area contributed by atoms with Crippen LogP contribution in [0.1, 0.15) is 21.8 Å². The van der Waals surface area contributed by atoms with Gasteiger partial charge in [-0.15, -0.1) is 0 Å². The third-order valence-electron chi connectivity index (χ3n) is 2.18. The van der Waals surface area contributed by atoms with E-state index in [1.165, 1.54) is 6.20 Å². The second-order valence-electron chi connectivity index (χ2n) is 3.72. The summed E-state index contributed by atoms with van der Waals surface area (Å²) in [5.41, 5.74) is 7.56. The summed E-state index contributed by atoms with van der Waals surface area (Å²) in [6.07, 6.45) is 1.48. The number of hydrogen-bond donors (Lipinski definition) is 2. The molecular weight excluding hydrogens is 220 g/mol. The lowest BCUT2D eigenvalue weighted by atomic mass is 10.2. The van der Waals surface area contributed by atoms with Crippen LogP contribution in [-0.4, -0.2) is 16.0 Å².